The molecule has 2 saturated carbocycles. The first-order valence-corrected chi connectivity index (χ1v) is 17.0. The van der Waals surface area contributed by atoms with Crippen molar-refractivity contribution < 1.29 is 0 Å². The van der Waals surface area contributed by atoms with E-state index in [9.17, 15) is 0 Å². The van der Waals surface area contributed by atoms with Gasteiger partial charge in [0.2, 0.25) is 0 Å². The Labute approximate surface area is 250 Å². The van der Waals surface area contributed by atoms with Crippen molar-refractivity contribution in [3.05, 3.63) is 68.3 Å². The first kappa shape index (κ1) is 29.7. The molecule has 216 valence electrons. The molecule has 2 atom stereocenters. The van der Waals surface area contributed by atoms with Gasteiger partial charge in [0, 0.05) is 29.1 Å². The topological polar surface area (TPSA) is 12.0 Å². The van der Waals surface area contributed by atoms with E-state index in [0.717, 1.165) is 43.2 Å². The second-order valence-corrected chi connectivity index (χ2v) is 13.9. The number of hydrogen-bond donors (Lipinski definition) is 1. The summed E-state index contributed by atoms with van der Waals surface area (Å²) in [5.41, 5.74) is 10.6. The summed E-state index contributed by atoms with van der Waals surface area (Å²) in [7, 11) is 0. The molecule has 5 aliphatic carbocycles. The van der Waals surface area contributed by atoms with Crippen molar-refractivity contribution >= 4 is 11.6 Å². The van der Waals surface area contributed by atoms with Gasteiger partial charge in [0.05, 0.1) is 0 Å². The number of nitrogens with one attached hydrogen (secondary N) is 1. The number of allylic oxidation sites excluding steroid dienone is 11. The summed E-state index contributed by atoms with van der Waals surface area (Å²) in [6, 6.07) is 0. The van der Waals surface area contributed by atoms with Gasteiger partial charge in [-0.3, -0.25) is 0 Å². The minimum Gasteiger partial charge on any atom is -0.308 e. The Bertz CT molecular complexity index is 1200. The lowest BCUT2D eigenvalue weighted by Gasteiger charge is -2.37. The fraction of sp³-hybridized carbons (Fsp3) is 0.632. The molecule has 2 unspecified atom stereocenters. The van der Waals surface area contributed by atoms with Crippen LogP contribution in [0.15, 0.2) is 68.3 Å². The van der Waals surface area contributed by atoms with Crippen LogP contribution in [0.2, 0.25) is 0 Å². The summed E-state index contributed by atoms with van der Waals surface area (Å²) in [5.74, 6) is 9.31. The third-order valence-corrected chi connectivity index (χ3v) is 10.7. The van der Waals surface area contributed by atoms with Crippen LogP contribution in [0.4, 0.5) is 0 Å². The highest BCUT2D eigenvalue weighted by atomic mass is 35.5. The van der Waals surface area contributed by atoms with Crippen molar-refractivity contribution in [1.29, 1.82) is 0 Å². The maximum Gasteiger partial charge on any atom is 0.0404 e. The molecule has 0 aromatic carbocycles. The van der Waals surface area contributed by atoms with E-state index in [1.807, 2.05) is 0 Å². The second kappa shape index (κ2) is 13.5. The van der Waals surface area contributed by atoms with Gasteiger partial charge in [-0.2, -0.15) is 0 Å². The highest BCUT2D eigenvalue weighted by molar-refractivity contribution is 6.31. The molecule has 0 amide bonds. The molecular weight excluding hydrogens is 506 g/mol. The zero-order valence-electron chi connectivity index (χ0n) is 25.7. The van der Waals surface area contributed by atoms with E-state index in [-0.39, 0.29) is 0 Å². The molecule has 40 heavy (non-hydrogen) atoms. The van der Waals surface area contributed by atoms with Crippen molar-refractivity contribution in [3.8, 4) is 11.8 Å². The molecular formula is C38H52ClN. The third kappa shape index (κ3) is 6.99. The van der Waals surface area contributed by atoms with Gasteiger partial charge < -0.3 is 5.32 Å². The summed E-state index contributed by atoms with van der Waals surface area (Å²) >= 11 is 6.96. The highest BCUT2D eigenvalue weighted by Crippen LogP contribution is 2.51. The van der Waals surface area contributed by atoms with E-state index in [1.165, 1.54) is 92.9 Å². The third-order valence-electron chi connectivity index (χ3n) is 10.3. The molecule has 0 heterocycles. The number of fused-ring (bicyclic) bond motifs is 1. The van der Waals surface area contributed by atoms with E-state index in [0.29, 0.717) is 17.4 Å². The van der Waals surface area contributed by atoms with Gasteiger partial charge in [0.25, 0.3) is 0 Å². The Kier molecular flexibility index (Phi) is 10.0. The Morgan fingerprint density at radius 1 is 1.05 bits per heavy atom. The van der Waals surface area contributed by atoms with Crippen LogP contribution in [0, 0.1) is 29.6 Å². The Balaban J connectivity index is 1.65. The van der Waals surface area contributed by atoms with Crippen molar-refractivity contribution in [2.45, 2.75) is 130 Å². The van der Waals surface area contributed by atoms with Crippen LogP contribution in [0.1, 0.15) is 124 Å². The molecule has 1 N–H and O–H groups in total. The molecule has 1 nitrogen and oxygen atoms in total. The van der Waals surface area contributed by atoms with Crippen LogP contribution in [0.5, 0.6) is 0 Å². The largest absolute Gasteiger partial charge is 0.308 e. The molecule has 0 spiro atoms. The number of halogens is 1. The first-order chi connectivity index (χ1) is 19.4. The minimum atomic E-state index is 0.379. The van der Waals surface area contributed by atoms with Crippen molar-refractivity contribution in [3.63, 3.8) is 0 Å². The lowest BCUT2D eigenvalue weighted by Crippen LogP contribution is -2.29. The van der Waals surface area contributed by atoms with Crippen LogP contribution in [-0.4, -0.2) is 12.1 Å². The van der Waals surface area contributed by atoms with Crippen LogP contribution in [-0.2, 0) is 0 Å². The average Bonchev–Trinajstić information content (AvgIpc) is 3.66. The van der Waals surface area contributed by atoms with E-state index < -0.39 is 0 Å². The Hall–Kier alpha value is -1.75. The normalized spacial score (nSPS) is 27.2. The van der Waals surface area contributed by atoms with Gasteiger partial charge in [0.1, 0.15) is 0 Å². The molecule has 0 aromatic heterocycles. The molecule has 2 heteroatoms. The molecule has 0 saturated heterocycles. The first-order valence-electron chi connectivity index (χ1n) is 16.6. The summed E-state index contributed by atoms with van der Waals surface area (Å²) < 4.78 is 0. The minimum absolute atomic E-state index is 0.379. The lowest BCUT2D eigenvalue weighted by molar-refractivity contribution is 0.213. The van der Waals surface area contributed by atoms with Gasteiger partial charge in [0.15, 0.2) is 0 Å². The Morgan fingerprint density at radius 3 is 2.55 bits per heavy atom. The molecule has 2 fully saturated rings. The summed E-state index contributed by atoms with van der Waals surface area (Å²) in [5, 5.41) is 4.83. The van der Waals surface area contributed by atoms with Gasteiger partial charge in [-0.25, -0.2) is 0 Å². The maximum absolute atomic E-state index is 6.96. The van der Waals surface area contributed by atoms with E-state index in [4.69, 9.17) is 11.6 Å². The highest BCUT2D eigenvalue weighted by Gasteiger charge is 2.39. The molecule has 0 aromatic rings. The average molecular weight is 558 g/mol. The summed E-state index contributed by atoms with van der Waals surface area (Å²) in [6.45, 7) is 10.3. The smallest absolute Gasteiger partial charge is 0.0404 e. The number of unbranched alkanes of at least 4 members (excludes halogenated alkanes) is 1. The van der Waals surface area contributed by atoms with Crippen LogP contribution < -0.4 is 5.32 Å². The number of hydrogen-bond acceptors (Lipinski definition) is 1. The predicted octanol–water partition coefficient (Wildman–Crippen LogP) is 10.7. The molecule has 5 aliphatic rings. The predicted molar refractivity (Wildman–Crippen MR) is 173 cm³/mol. The molecule has 0 radical (unpaired) electrons. The monoisotopic (exact) mass is 557 g/mol. The zero-order chi connectivity index (χ0) is 28.1. The van der Waals surface area contributed by atoms with Crippen LogP contribution in [0.25, 0.3) is 0 Å². The quantitative estimate of drug-likeness (QED) is 0.307. The van der Waals surface area contributed by atoms with Crippen molar-refractivity contribution in [1.82, 2.24) is 5.32 Å². The van der Waals surface area contributed by atoms with Crippen molar-refractivity contribution in [2.24, 2.45) is 17.8 Å². The summed E-state index contributed by atoms with van der Waals surface area (Å²) in [6.07, 6.45) is 28.1. The standard InChI is InChI=1S/C38H52ClN/c1-5-7-9-17-33-32-21-20-29(6-2)36(39)25-34(32)27(3)24-35(30-15-12-16-30)37(33)31-14-11-8-10-13-28(18-19-31)26-40-38(4)22-23-38/h18-19,21,25,27,30,35,40H,5-8,10-16,20,22-24,26H2,1-4H3. The SMILES string of the molecule is CCCC#CC1=C(C2=CC=C(CNC3(C)CC3)CCCCC2)C(C2CCC2)CC(C)C2=CC(Cl)=C(CC)CC=C21. The molecule has 5 rings (SSSR count). The fourth-order valence-corrected chi connectivity index (χ4v) is 7.38. The second-order valence-electron chi connectivity index (χ2n) is 13.5. The van der Waals surface area contributed by atoms with Crippen LogP contribution in [0.3, 0.4) is 0 Å². The van der Waals surface area contributed by atoms with Gasteiger partial charge in [-0.15, -0.1) is 0 Å². The Morgan fingerprint density at radius 2 is 1.85 bits per heavy atom. The van der Waals surface area contributed by atoms with E-state index in [1.54, 1.807) is 16.7 Å². The lowest BCUT2D eigenvalue weighted by atomic mass is 9.67. The number of rotatable bonds is 7. The van der Waals surface area contributed by atoms with Crippen molar-refractivity contribution in [2.75, 3.05) is 6.54 Å². The summed E-state index contributed by atoms with van der Waals surface area (Å²) in [4.78, 5) is 0. The van der Waals surface area contributed by atoms with Gasteiger partial charge in [-0.1, -0.05) is 80.9 Å². The van der Waals surface area contributed by atoms with Gasteiger partial charge >= 0.3 is 0 Å². The fourth-order valence-electron chi connectivity index (χ4n) is 7.05. The maximum atomic E-state index is 6.96. The van der Waals surface area contributed by atoms with E-state index >= 15 is 0 Å². The van der Waals surface area contributed by atoms with E-state index in [2.05, 4.69) is 69.2 Å². The molecule has 0 aliphatic heterocycles. The zero-order valence-corrected chi connectivity index (χ0v) is 26.5. The van der Waals surface area contributed by atoms with Gasteiger partial charge in [-0.05, 0) is 136 Å². The van der Waals surface area contributed by atoms with Crippen LogP contribution >= 0.6 is 11.6 Å². The molecule has 0 bridgehead atoms.